The smallest absolute Gasteiger partial charge is 0.338 e. The van der Waals surface area contributed by atoms with E-state index in [0.29, 0.717) is 18.7 Å². The zero-order valence-electron chi connectivity index (χ0n) is 15.8. The summed E-state index contributed by atoms with van der Waals surface area (Å²) in [6.07, 6.45) is 0.523. The number of sulfonamides is 1. The molecule has 2 aliphatic heterocycles. The summed E-state index contributed by atoms with van der Waals surface area (Å²) in [6, 6.07) is 5.58. The van der Waals surface area contributed by atoms with Crippen LogP contribution in [0.25, 0.3) is 0 Å². The topological polar surface area (TPSA) is 131 Å². The number of esters is 2. The van der Waals surface area contributed by atoms with Gasteiger partial charge in [0.15, 0.2) is 0 Å². The fourth-order valence-electron chi connectivity index (χ4n) is 3.01. The number of benzene rings is 1. The van der Waals surface area contributed by atoms with E-state index in [1.807, 2.05) is 0 Å². The van der Waals surface area contributed by atoms with E-state index in [0.717, 1.165) is 0 Å². The molecule has 156 valence electrons. The van der Waals surface area contributed by atoms with E-state index in [-0.39, 0.29) is 42.3 Å². The molecule has 2 aliphatic rings. The van der Waals surface area contributed by atoms with Crippen molar-refractivity contribution < 1.29 is 32.3 Å². The first-order chi connectivity index (χ1) is 13.8. The van der Waals surface area contributed by atoms with Crippen molar-refractivity contribution in [3.8, 4) is 0 Å². The first-order valence-corrected chi connectivity index (χ1v) is 10.6. The number of carbonyl (C=O) groups is 3. The van der Waals surface area contributed by atoms with E-state index in [4.69, 9.17) is 9.47 Å². The number of nitrogens with zero attached hydrogens (tertiary/aromatic N) is 1. The second kappa shape index (κ2) is 8.52. The lowest BCUT2D eigenvalue weighted by atomic mass is 10.1. The molecule has 1 aromatic carbocycles. The largest absolute Gasteiger partial charge is 0.463 e. The Hall–Kier alpha value is -3.08. The van der Waals surface area contributed by atoms with Gasteiger partial charge in [0.05, 0.1) is 41.4 Å². The van der Waals surface area contributed by atoms with Gasteiger partial charge >= 0.3 is 18.0 Å². The number of hydrogen-bond donors (Lipinski definition) is 2. The van der Waals surface area contributed by atoms with Gasteiger partial charge in [0.2, 0.25) is 10.0 Å². The summed E-state index contributed by atoms with van der Waals surface area (Å²) >= 11 is 0. The molecule has 29 heavy (non-hydrogen) atoms. The maximum atomic E-state index is 12.4. The molecule has 2 heterocycles. The lowest BCUT2D eigenvalue weighted by Crippen LogP contribution is -2.45. The number of carbonyl (C=O) groups excluding carboxylic acids is 3. The van der Waals surface area contributed by atoms with Crippen molar-refractivity contribution in [2.24, 2.45) is 0 Å². The Bertz CT molecular complexity index is 971. The fourth-order valence-corrected chi connectivity index (χ4v) is 4.56. The highest BCUT2D eigenvalue weighted by Crippen LogP contribution is 2.25. The van der Waals surface area contributed by atoms with Gasteiger partial charge in [0.25, 0.3) is 0 Å². The molecule has 0 aromatic heterocycles. The number of rotatable bonds is 6. The van der Waals surface area contributed by atoms with Crippen LogP contribution < -0.4 is 14.9 Å². The van der Waals surface area contributed by atoms with Crippen LogP contribution in [-0.2, 0) is 24.3 Å². The van der Waals surface area contributed by atoms with Crippen LogP contribution in [-0.4, -0.2) is 58.4 Å². The first kappa shape index (κ1) is 20.6. The molecule has 0 saturated carbocycles. The van der Waals surface area contributed by atoms with Crippen molar-refractivity contribution in [1.82, 2.24) is 10.6 Å². The molecule has 0 bridgehead atoms. The average molecular weight is 423 g/mol. The summed E-state index contributed by atoms with van der Waals surface area (Å²) in [5, 5.41) is 4.90. The molecule has 1 aromatic rings. The second-order valence-corrected chi connectivity index (χ2v) is 8.37. The molecule has 0 spiro atoms. The molecular formula is C18H21N3O7S. The van der Waals surface area contributed by atoms with Gasteiger partial charge in [-0.2, -0.15) is 0 Å². The van der Waals surface area contributed by atoms with E-state index < -0.39 is 28.0 Å². The lowest BCUT2D eigenvalue weighted by Gasteiger charge is -2.21. The van der Waals surface area contributed by atoms with E-state index >= 15 is 0 Å². The van der Waals surface area contributed by atoms with Crippen LogP contribution in [0.3, 0.4) is 0 Å². The van der Waals surface area contributed by atoms with E-state index in [1.54, 1.807) is 19.1 Å². The molecular weight excluding hydrogens is 402 g/mol. The number of ether oxygens (including phenoxy) is 2. The van der Waals surface area contributed by atoms with Gasteiger partial charge in [-0.25, -0.2) is 22.8 Å². The van der Waals surface area contributed by atoms with Gasteiger partial charge in [-0.1, -0.05) is 6.07 Å². The van der Waals surface area contributed by atoms with Crippen LogP contribution in [0.5, 0.6) is 0 Å². The third-order valence-corrected chi connectivity index (χ3v) is 6.26. The maximum absolute atomic E-state index is 12.4. The van der Waals surface area contributed by atoms with Gasteiger partial charge in [-0.05, 0) is 31.5 Å². The molecule has 0 unspecified atom stereocenters. The molecule has 0 atom stereocenters. The van der Waals surface area contributed by atoms with Crippen molar-refractivity contribution >= 4 is 33.7 Å². The number of amides is 2. The average Bonchev–Trinajstić information content (AvgIpc) is 3.05. The summed E-state index contributed by atoms with van der Waals surface area (Å²) in [5.41, 5.74) is 0.844. The number of hydrogen-bond acceptors (Lipinski definition) is 7. The molecule has 1 saturated heterocycles. The van der Waals surface area contributed by atoms with Crippen LogP contribution in [0.4, 0.5) is 10.5 Å². The van der Waals surface area contributed by atoms with Gasteiger partial charge in [-0.15, -0.1) is 0 Å². The summed E-state index contributed by atoms with van der Waals surface area (Å²) in [6.45, 7) is 1.79. The zero-order valence-corrected chi connectivity index (χ0v) is 16.6. The third kappa shape index (κ3) is 4.67. The molecule has 1 fully saturated rings. The van der Waals surface area contributed by atoms with Crippen LogP contribution in [0.15, 0.2) is 35.5 Å². The minimum absolute atomic E-state index is 0.0418. The van der Waals surface area contributed by atoms with Crippen molar-refractivity contribution in [3.63, 3.8) is 0 Å². The fraction of sp³-hybridized carbons (Fsp3) is 0.389. The summed E-state index contributed by atoms with van der Waals surface area (Å²) in [4.78, 5) is 36.0. The van der Waals surface area contributed by atoms with E-state index in [2.05, 4.69) is 10.6 Å². The zero-order chi connectivity index (χ0) is 21.0. The standard InChI is InChI=1S/C18H21N3O7S/c1-2-27-17(23)14-10-19-18(24)20-15(14)11-28-16(22)12-5-3-6-13(9-12)21-7-4-8-29(21,25)26/h3,5-6,9H,2,4,7-8,10-11H2,1H3,(H2,19,20,24). The Labute approximate surface area is 167 Å². The Kier molecular flexibility index (Phi) is 6.06. The summed E-state index contributed by atoms with van der Waals surface area (Å²) < 4.78 is 35.6. The Morgan fingerprint density at radius 1 is 1.21 bits per heavy atom. The summed E-state index contributed by atoms with van der Waals surface area (Å²) in [5.74, 6) is -1.26. The van der Waals surface area contributed by atoms with Gasteiger partial charge in [-0.3, -0.25) is 4.31 Å². The quantitative estimate of drug-likeness (QED) is 0.638. The van der Waals surface area contributed by atoms with Crippen LogP contribution >= 0.6 is 0 Å². The number of anilines is 1. The predicted molar refractivity (Wildman–Crippen MR) is 103 cm³/mol. The molecule has 0 aliphatic carbocycles. The number of urea groups is 1. The van der Waals surface area contributed by atoms with Crippen molar-refractivity contribution in [3.05, 3.63) is 41.1 Å². The van der Waals surface area contributed by atoms with Crippen molar-refractivity contribution in [2.45, 2.75) is 13.3 Å². The maximum Gasteiger partial charge on any atom is 0.338 e. The molecule has 2 amide bonds. The minimum atomic E-state index is -3.37. The Morgan fingerprint density at radius 2 is 2.00 bits per heavy atom. The predicted octanol–water partition coefficient (Wildman–Crippen LogP) is 0.513. The SMILES string of the molecule is CCOC(=O)C1=C(COC(=O)c2cccc(N3CCCS3(=O)=O)c2)NC(=O)NC1. The first-order valence-electron chi connectivity index (χ1n) is 9.03. The monoisotopic (exact) mass is 423 g/mol. The van der Waals surface area contributed by atoms with E-state index in [1.165, 1.54) is 16.4 Å². The third-order valence-electron chi connectivity index (χ3n) is 4.39. The molecule has 2 N–H and O–H groups in total. The molecule has 11 heteroatoms. The highest BCUT2D eigenvalue weighted by Gasteiger charge is 2.29. The molecule has 10 nitrogen and oxygen atoms in total. The van der Waals surface area contributed by atoms with Gasteiger partial charge in [0, 0.05) is 6.54 Å². The lowest BCUT2D eigenvalue weighted by molar-refractivity contribution is -0.138. The normalized spacial score (nSPS) is 18.1. The van der Waals surface area contributed by atoms with Crippen LogP contribution in [0.2, 0.25) is 0 Å². The Balaban J connectivity index is 1.74. The highest BCUT2D eigenvalue weighted by atomic mass is 32.2. The van der Waals surface area contributed by atoms with Crippen LogP contribution in [0.1, 0.15) is 23.7 Å². The highest BCUT2D eigenvalue weighted by molar-refractivity contribution is 7.93. The molecule has 0 radical (unpaired) electrons. The second-order valence-electron chi connectivity index (χ2n) is 6.35. The van der Waals surface area contributed by atoms with Crippen molar-refractivity contribution in [1.29, 1.82) is 0 Å². The van der Waals surface area contributed by atoms with Crippen molar-refractivity contribution in [2.75, 3.05) is 36.4 Å². The molecule has 3 rings (SSSR count). The summed E-state index contributed by atoms with van der Waals surface area (Å²) in [7, 11) is -3.37. The van der Waals surface area contributed by atoms with Gasteiger partial charge < -0.3 is 20.1 Å². The van der Waals surface area contributed by atoms with E-state index in [9.17, 15) is 22.8 Å². The van der Waals surface area contributed by atoms with Gasteiger partial charge in [0.1, 0.15) is 6.61 Å². The van der Waals surface area contributed by atoms with Crippen LogP contribution in [0, 0.1) is 0 Å². The Morgan fingerprint density at radius 3 is 2.69 bits per heavy atom. The minimum Gasteiger partial charge on any atom is -0.463 e. The number of nitrogens with one attached hydrogen (secondary N) is 2.